The summed E-state index contributed by atoms with van der Waals surface area (Å²) in [5.74, 6) is 0. The van der Waals surface area contributed by atoms with E-state index in [1.54, 1.807) is 6.07 Å². The van der Waals surface area contributed by atoms with E-state index in [9.17, 15) is 9.90 Å². The lowest BCUT2D eigenvalue weighted by Gasteiger charge is -2.14. The minimum Gasteiger partial charge on any atom is -0.394 e. The lowest BCUT2D eigenvalue weighted by molar-refractivity contribution is 0.220. The molecule has 17 heavy (non-hydrogen) atoms. The van der Waals surface area contributed by atoms with Crippen molar-refractivity contribution in [2.24, 2.45) is 0 Å². The van der Waals surface area contributed by atoms with Gasteiger partial charge in [-0.2, -0.15) is 0 Å². The number of aliphatic hydroxyl groups is 1. The SMILES string of the molecule is CCCC(CO)n1c(=O)[nH]c2ncc(Cl)cc21. The van der Waals surface area contributed by atoms with Gasteiger partial charge < -0.3 is 5.11 Å². The number of halogens is 1. The molecule has 2 N–H and O–H groups in total. The molecule has 1 atom stereocenters. The first kappa shape index (κ1) is 12.1. The quantitative estimate of drug-likeness (QED) is 0.874. The van der Waals surface area contributed by atoms with Crippen LogP contribution in [0, 0.1) is 0 Å². The van der Waals surface area contributed by atoms with Crippen LogP contribution in [-0.4, -0.2) is 26.2 Å². The largest absolute Gasteiger partial charge is 0.394 e. The lowest BCUT2D eigenvalue weighted by Crippen LogP contribution is -2.24. The normalized spacial score (nSPS) is 13.1. The summed E-state index contributed by atoms with van der Waals surface area (Å²) in [6.45, 7) is 1.93. The van der Waals surface area contributed by atoms with Gasteiger partial charge in [0.25, 0.3) is 0 Å². The van der Waals surface area contributed by atoms with Gasteiger partial charge in [-0.15, -0.1) is 0 Å². The van der Waals surface area contributed by atoms with E-state index in [1.165, 1.54) is 10.8 Å². The molecule has 0 aliphatic rings. The molecule has 0 aromatic carbocycles. The molecular weight excluding hydrogens is 242 g/mol. The van der Waals surface area contributed by atoms with E-state index < -0.39 is 0 Å². The van der Waals surface area contributed by atoms with Crippen molar-refractivity contribution in [3.05, 3.63) is 27.8 Å². The summed E-state index contributed by atoms with van der Waals surface area (Å²) in [7, 11) is 0. The third kappa shape index (κ3) is 2.21. The van der Waals surface area contributed by atoms with E-state index in [-0.39, 0.29) is 18.3 Å². The van der Waals surface area contributed by atoms with Crippen LogP contribution < -0.4 is 5.69 Å². The zero-order valence-corrected chi connectivity index (χ0v) is 10.2. The number of hydrogen-bond donors (Lipinski definition) is 2. The Morgan fingerprint density at radius 2 is 2.41 bits per heavy atom. The summed E-state index contributed by atoms with van der Waals surface area (Å²) in [6, 6.07) is 1.45. The highest BCUT2D eigenvalue weighted by Gasteiger charge is 2.16. The number of aliphatic hydroxyl groups excluding tert-OH is 1. The van der Waals surface area contributed by atoms with Crippen LogP contribution in [0.2, 0.25) is 5.02 Å². The zero-order chi connectivity index (χ0) is 12.4. The van der Waals surface area contributed by atoms with Crippen LogP contribution in [0.4, 0.5) is 0 Å². The summed E-state index contributed by atoms with van der Waals surface area (Å²) in [6.07, 6.45) is 3.10. The third-order valence-corrected chi connectivity index (χ3v) is 2.94. The van der Waals surface area contributed by atoms with Crippen LogP contribution in [0.5, 0.6) is 0 Å². The van der Waals surface area contributed by atoms with Gasteiger partial charge >= 0.3 is 5.69 Å². The monoisotopic (exact) mass is 255 g/mol. The van der Waals surface area contributed by atoms with E-state index in [1.807, 2.05) is 6.92 Å². The molecule has 6 heteroatoms. The molecule has 0 radical (unpaired) electrons. The second-order valence-electron chi connectivity index (χ2n) is 3.95. The van der Waals surface area contributed by atoms with E-state index in [0.717, 1.165) is 12.8 Å². The second-order valence-corrected chi connectivity index (χ2v) is 4.38. The van der Waals surface area contributed by atoms with E-state index in [0.29, 0.717) is 16.2 Å². The number of nitrogens with one attached hydrogen (secondary N) is 1. The Labute approximate surface area is 103 Å². The number of H-pyrrole nitrogens is 1. The number of hydrogen-bond acceptors (Lipinski definition) is 3. The zero-order valence-electron chi connectivity index (χ0n) is 9.48. The van der Waals surface area contributed by atoms with Crippen LogP contribution >= 0.6 is 11.6 Å². The molecule has 2 heterocycles. The van der Waals surface area contributed by atoms with Crippen molar-refractivity contribution < 1.29 is 5.11 Å². The maximum atomic E-state index is 11.8. The van der Waals surface area contributed by atoms with Crippen LogP contribution in [0.15, 0.2) is 17.1 Å². The van der Waals surface area contributed by atoms with Gasteiger partial charge in [0.15, 0.2) is 5.65 Å². The molecule has 0 saturated carbocycles. The fourth-order valence-corrected chi connectivity index (χ4v) is 2.13. The van der Waals surface area contributed by atoms with Crippen LogP contribution in [-0.2, 0) is 0 Å². The summed E-state index contributed by atoms with van der Waals surface area (Å²) in [4.78, 5) is 18.5. The Morgan fingerprint density at radius 1 is 1.65 bits per heavy atom. The predicted molar refractivity (Wildman–Crippen MR) is 66.4 cm³/mol. The fraction of sp³-hybridized carbons (Fsp3) is 0.455. The molecule has 0 aliphatic heterocycles. The molecule has 0 spiro atoms. The van der Waals surface area contributed by atoms with E-state index in [2.05, 4.69) is 9.97 Å². The molecule has 2 aromatic heterocycles. The Kier molecular flexibility index (Phi) is 3.49. The van der Waals surface area contributed by atoms with Crippen molar-refractivity contribution in [3.8, 4) is 0 Å². The van der Waals surface area contributed by atoms with E-state index >= 15 is 0 Å². The Morgan fingerprint density at radius 3 is 3.06 bits per heavy atom. The van der Waals surface area contributed by atoms with Gasteiger partial charge in [0.05, 0.1) is 23.2 Å². The number of pyridine rings is 1. The fourth-order valence-electron chi connectivity index (χ4n) is 1.98. The van der Waals surface area contributed by atoms with Crippen LogP contribution in [0.3, 0.4) is 0 Å². The average molecular weight is 256 g/mol. The van der Waals surface area contributed by atoms with Gasteiger partial charge in [0.2, 0.25) is 0 Å². The minimum absolute atomic E-state index is 0.0762. The first-order valence-electron chi connectivity index (χ1n) is 5.54. The van der Waals surface area contributed by atoms with E-state index in [4.69, 9.17) is 11.6 Å². The first-order valence-corrected chi connectivity index (χ1v) is 5.91. The van der Waals surface area contributed by atoms with Crippen molar-refractivity contribution in [2.45, 2.75) is 25.8 Å². The number of rotatable bonds is 4. The standard InChI is InChI=1S/C11H14ClN3O2/c1-2-3-8(6-16)15-9-4-7(12)5-13-10(9)14-11(15)17/h4-5,8,16H,2-3,6H2,1H3,(H,13,14,17). The molecule has 2 rings (SSSR count). The maximum absolute atomic E-state index is 11.8. The number of aromatic amines is 1. The summed E-state index contributed by atoms with van der Waals surface area (Å²) in [5.41, 5.74) is 0.867. The minimum atomic E-state index is -0.262. The van der Waals surface area contributed by atoms with Crippen molar-refractivity contribution in [3.63, 3.8) is 0 Å². The number of imidazole rings is 1. The topological polar surface area (TPSA) is 70.9 Å². The summed E-state index contributed by atoms with van der Waals surface area (Å²) in [5, 5.41) is 9.83. The van der Waals surface area contributed by atoms with Gasteiger partial charge in [-0.1, -0.05) is 24.9 Å². The second kappa shape index (κ2) is 4.89. The predicted octanol–water partition coefficient (Wildman–Crippen LogP) is 1.71. The average Bonchev–Trinajstić information content (AvgIpc) is 2.62. The summed E-state index contributed by atoms with van der Waals surface area (Å²) >= 11 is 5.87. The molecule has 0 aliphatic carbocycles. The van der Waals surface area contributed by atoms with Gasteiger partial charge in [-0.05, 0) is 12.5 Å². The smallest absolute Gasteiger partial charge is 0.328 e. The molecule has 92 valence electrons. The summed E-state index contributed by atoms with van der Waals surface area (Å²) < 4.78 is 1.53. The van der Waals surface area contributed by atoms with Gasteiger partial charge in [0.1, 0.15) is 0 Å². The highest BCUT2D eigenvalue weighted by molar-refractivity contribution is 6.31. The third-order valence-electron chi connectivity index (χ3n) is 2.74. The Hall–Kier alpha value is -1.33. The highest BCUT2D eigenvalue weighted by atomic mass is 35.5. The van der Waals surface area contributed by atoms with Gasteiger partial charge in [-0.3, -0.25) is 9.55 Å². The van der Waals surface area contributed by atoms with Crippen molar-refractivity contribution in [1.82, 2.24) is 14.5 Å². The van der Waals surface area contributed by atoms with Crippen LogP contribution in [0.1, 0.15) is 25.8 Å². The van der Waals surface area contributed by atoms with Crippen LogP contribution in [0.25, 0.3) is 11.2 Å². The molecular formula is C11H14ClN3O2. The molecule has 1 unspecified atom stereocenters. The first-order chi connectivity index (χ1) is 8.17. The Balaban J connectivity index is 2.62. The molecule has 0 amide bonds. The molecule has 0 bridgehead atoms. The van der Waals surface area contributed by atoms with Gasteiger partial charge in [-0.25, -0.2) is 9.78 Å². The molecule has 2 aromatic rings. The van der Waals surface area contributed by atoms with Crippen molar-refractivity contribution in [1.29, 1.82) is 0 Å². The number of nitrogens with zero attached hydrogens (tertiary/aromatic N) is 2. The molecule has 0 saturated heterocycles. The molecule has 5 nitrogen and oxygen atoms in total. The highest BCUT2D eigenvalue weighted by Crippen LogP contribution is 2.19. The lowest BCUT2D eigenvalue weighted by atomic mass is 10.2. The van der Waals surface area contributed by atoms with Crippen molar-refractivity contribution >= 4 is 22.8 Å². The Bertz CT molecular complexity index is 576. The number of fused-ring (bicyclic) bond motifs is 1. The molecule has 0 fully saturated rings. The number of aromatic nitrogens is 3. The van der Waals surface area contributed by atoms with Crippen molar-refractivity contribution in [2.75, 3.05) is 6.61 Å². The van der Waals surface area contributed by atoms with Gasteiger partial charge in [0, 0.05) is 6.20 Å². The maximum Gasteiger partial charge on any atom is 0.328 e.